The normalized spacial score (nSPS) is 10.9. The van der Waals surface area contributed by atoms with Crippen molar-refractivity contribution in [2.75, 3.05) is 0 Å². The first-order chi connectivity index (χ1) is 6.77. The van der Waals surface area contributed by atoms with E-state index in [9.17, 15) is 4.79 Å². The van der Waals surface area contributed by atoms with Gasteiger partial charge in [0.15, 0.2) is 0 Å². The van der Waals surface area contributed by atoms with Gasteiger partial charge in [0.1, 0.15) is 0 Å². The molecule has 0 atom stereocenters. The molecule has 0 heterocycles. The van der Waals surface area contributed by atoms with Crippen LogP contribution in [0, 0.1) is 0 Å². The van der Waals surface area contributed by atoms with Crippen LogP contribution < -0.4 is 0 Å². The molecule has 0 aromatic carbocycles. The predicted molar refractivity (Wildman–Crippen MR) is 67.7 cm³/mol. The highest BCUT2D eigenvalue weighted by atomic mass is 127. The van der Waals surface area contributed by atoms with Gasteiger partial charge < -0.3 is 5.11 Å². The minimum Gasteiger partial charge on any atom is -0.481 e. The maximum absolute atomic E-state index is 10.2. The maximum atomic E-state index is 10.2. The summed E-state index contributed by atoms with van der Waals surface area (Å²) in [4.78, 5) is 10.2. The van der Waals surface area contributed by atoms with Gasteiger partial charge in [0.25, 0.3) is 0 Å². The third kappa shape index (κ3) is 11.9. The van der Waals surface area contributed by atoms with Crippen molar-refractivity contribution >= 4 is 28.6 Å². The zero-order chi connectivity index (χ0) is 10.6. The van der Waals surface area contributed by atoms with Crippen molar-refractivity contribution in [2.24, 2.45) is 0 Å². The molecule has 2 nitrogen and oxygen atoms in total. The Morgan fingerprint density at radius 3 is 2.21 bits per heavy atom. The van der Waals surface area contributed by atoms with Gasteiger partial charge in [0.2, 0.25) is 0 Å². The number of aliphatic carboxylic acids is 1. The van der Waals surface area contributed by atoms with E-state index in [1.807, 2.05) is 0 Å². The van der Waals surface area contributed by atoms with Crippen molar-refractivity contribution in [3.63, 3.8) is 0 Å². The third-order valence-electron chi connectivity index (χ3n) is 2.10. The standard InChI is InChI=1S/C11H19IO2/c12-10-8-6-4-2-1-3-5-7-9-11(13)14/h8,10H,1-7,9H2,(H,13,14)/b10-8+. The average molecular weight is 310 g/mol. The van der Waals surface area contributed by atoms with Crippen LogP contribution in [0.15, 0.2) is 10.2 Å². The summed E-state index contributed by atoms with van der Waals surface area (Å²) in [5.41, 5.74) is 0. The molecule has 1 N–H and O–H groups in total. The lowest BCUT2D eigenvalue weighted by molar-refractivity contribution is -0.137. The van der Waals surface area contributed by atoms with Crippen LogP contribution in [0.2, 0.25) is 0 Å². The molecule has 0 saturated carbocycles. The third-order valence-corrected chi connectivity index (χ3v) is 2.61. The summed E-state index contributed by atoms with van der Waals surface area (Å²) >= 11 is 2.24. The van der Waals surface area contributed by atoms with Crippen LogP contribution in [0.1, 0.15) is 51.4 Å². The molecule has 0 saturated heterocycles. The van der Waals surface area contributed by atoms with Gasteiger partial charge in [-0.2, -0.15) is 0 Å². The van der Waals surface area contributed by atoms with Crippen LogP contribution in [-0.4, -0.2) is 11.1 Å². The molecule has 0 aromatic rings. The molecule has 0 rings (SSSR count). The summed E-state index contributed by atoms with van der Waals surface area (Å²) in [7, 11) is 0. The lowest BCUT2D eigenvalue weighted by Crippen LogP contribution is -1.93. The quantitative estimate of drug-likeness (QED) is 0.513. The second-order valence-electron chi connectivity index (χ2n) is 3.42. The van der Waals surface area contributed by atoms with Crippen LogP contribution in [0.3, 0.4) is 0 Å². The van der Waals surface area contributed by atoms with E-state index < -0.39 is 5.97 Å². The first-order valence-corrected chi connectivity index (χ1v) is 6.49. The molecule has 0 aromatic heterocycles. The second-order valence-corrected chi connectivity index (χ2v) is 4.13. The highest BCUT2D eigenvalue weighted by Crippen LogP contribution is 2.09. The van der Waals surface area contributed by atoms with Crippen molar-refractivity contribution < 1.29 is 9.90 Å². The molecule has 0 amide bonds. The highest BCUT2D eigenvalue weighted by Gasteiger charge is 1.95. The maximum Gasteiger partial charge on any atom is 0.303 e. The van der Waals surface area contributed by atoms with Gasteiger partial charge in [-0.1, -0.05) is 54.4 Å². The lowest BCUT2D eigenvalue weighted by atomic mass is 10.1. The molecule has 0 radical (unpaired) electrons. The number of carboxylic acid groups (broad SMARTS) is 1. The molecule has 0 aliphatic rings. The molecule has 82 valence electrons. The number of hydrogen-bond acceptors (Lipinski definition) is 1. The summed E-state index contributed by atoms with van der Waals surface area (Å²) < 4.78 is 2.06. The second kappa shape index (κ2) is 11.0. The summed E-state index contributed by atoms with van der Waals surface area (Å²) in [6, 6.07) is 0. The molecule has 0 aliphatic carbocycles. The fraction of sp³-hybridized carbons (Fsp3) is 0.727. The molecule has 3 heteroatoms. The number of allylic oxidation sites excluding steroid dienone is 1. The Hall–Kier alpha value is -0.0600. The molecule has 14 heavy (non-hydrogen) atoms. The highest BCUT2D eigenvalue weighted by molar-refractivity contribution is 14.1. The molecule has 0 spiro atoms. The Balaban J connectivity index is 2.95. The Morgan fingerprint density at radius 1 is 1.07 bits per heavy atom. The van der Waals surface area contributed by atoms with E-state index in [0.717, 1.165) is 12.8 Å². The van der Waals surface area contributed by atoms with Crippen LogP contribution in [0.5, 0.6) is 0 Å². The molecule has 0 unspecified atom stereocenters. The number of rotatable bonds is 9. The van der Waals surface area contributed by atoms with Crippen LogP contribution in [0.4, 0.5) is 0 Å². The SMILES string of the molecule is O=C(O)CCCCCCCC/C=C/I. The Kier molecular flexibility index (Phi) is 11.0. The number of carbonyl (C=O) groups is 1. The number of hydrogen-bond donors (Lipinski definition) is 1. The Bertz CT molecular complexity index is 167. The first-order valence-electron chi connectivity index (χ1n) is 5.24. The fourth-order valence-corrected chi connectivity index (χ4v) is 1.67. The van der Waals surface area contributed by atoms with Crippen molar-refractivity contribution in [3.8, 4) is 0 Å². The van der Waals surface area contributed by atoms with Gasteiger partial charge >= 0.3 is 5.97 Å². The molecular weight excluding hydrogens is 291 g/mol. The first kappa shape index (κ1) is 13.9. The van der Waals surface area contributed by atoms with E-state index in [2.05, 4.69) is 32.7 Å². The van der Waals surface area contributed by atoms with Gasteiger partial charge in [-0.15, -0.1) is 0 Å². The van der Waals surface area contributed by atoms with Crippen LogP contribution in [-0.2, 0) is 4.79 Å². The van der Waals surface area contributed by atoms with Gasteiger partial charge in [-0.3, -0.25) is 4.79 Å². The van der Waals surface area contributed by atoms with E-state index in [4.69, 9.17) is 5.11 Å². The van der Waals surface area contributed by atoms with Gasteiger partial charge in [-0.25, -0.2) is 0 Å². The zero-order valence-electron chi connectivity index (χ0n) is 8.54. The predicted octanol–water partition coefficient (Wildman–Crippen LogP) is 4.14. The van der Waals surface area contributed by atoms with Crippen molar-refractivity contribution in [2.45, 2.75) is 51.4 Å². The zero-order valence-corrected chi connectivity index (χ0v) is 10.7. The number of halogens is 1. The van der Waals surface area contributed by atoms with Crippen LogP contribution in [0.25, 0.3) is 0 Å². The lowest BCUT2D eigenvalue weighted by Gasteiger charge is -1.98. The number of unbranched alkanes of at least 4 members (excludes halogenated alkanes) is 6. The van der Waals surface area contributed by atoms with Gasteiger partial charge in [0, 0.05) is 6.42 Å². The van der Waals surface area contributed by atoms with E-state index in [-0.39, 0.29) is 0 Å². The molecule has 0 fully saturated rings. The minimum atomic E-state index is -0.669. The van der Waals surface area contributed by atoms with Gasteiger partial charge in [0.05, 0.1) is 0 Å². The Labute approximate surface area is 99.9 Å². The average Bonchev–Trinajstić information content (AvgIpc) is 2.15. The summed E-state index contributed by atoms with van der Waals surface area (Å²) in [5.74, 6) is -0.669. The minimum absolute atomic E-state index is 0.331. The smallest absolute Gasteiger partial charge is 0.303 e. The number of carboxylic acids is 1. The summed E-state index contributed by atoms with van der Waals surface area (Å²) in [6.45, 7) is 0. The van der Waals surface area contributed by atoms with Crippen molar-refractivity contribution in [1.29, 1.82) is 0 Å². The van der Waals surface area contributed by atoms with Crippen molar-refractivity contribution in [3.05, 3.63) is 10.2 Å². The molecule has 0 bridgehead atoms. The van der Waals surface area contributed by atoms with Crippen LogP contribution >= 0.6 is 22.6 Å². The topological polar surface area (TPSA) is 37.3 Å². The van der Waals surface area contributed by atoms with Gasteiger partial charge in [-0.05, 0) is 23.3 Å². The monoisotopic (exact) mass is 310 g/mol. The summed E-state index contributed by atoms with van der Waals surface area (Å²) in [6.07, 6.45) is 10.6. The van der Waals surface area contributed by atoms with E-state index in [1.54, 1.807) is 0 Å². The Morgan fingerprint density at radius 2 is 1.64 bits per heavy atom. The van der Waals surface area contributed by atoms with E-state index in [1.165, 1.54) is 32.1 Å². The van der Waals surface area contributed by atoms with E-state index in [0.29, 0.717) is 6.42 Å². The van der Waals surface area contributed by atoms with Crippen molar-refractivity contribution in [1.82, 2.24) is 0 Å². The molecule has 0 aliphatic heterocycles. The summed E-state index contributed by atoms with van der Waals surface area (Å²) in [5, 5.41) is 8.40. The largest absolute Gasteiger partial charge is 0.481 e. The van der Waals surface area contributed by atoms with E-state index >= 15 is 0 Å². The fourth-order valence-electron chi connectivity index (χ4n) is 1.31. The molecular formula is C11H19IO2.